The minimum absolute atomic E-state index is 0. The van der Waals surface area contributed by atoms with Crippen molar-refractivity contribution in [1.29, 1.82) is 0 Å². The highest BCUT2D eigenvalue weighted by molar-refractivity contribution is 5.99. The average molecular weight is 2030 g/mol. The second-order valence-electron chi connectivity index (χ2n) is 36.9. The van der Waals surface area contributed by atoms with E-state index < -0.39 is 11.9 Å². The van der Waals surface area contributed by atoms with Crippen molar-refractivity contribution in [2.75, 3.05) is 126 Å². The molecule has 0 bridgehead atoms. The fourth-order valence-electron chi connectivity index (χ4n) is 18.3. The van der Waals surface area contributed by atoms with Crippen molar-refractivity contribution < 1.29 is 96.0 Å². The van der Waals surface area contributed by atoms with Gasteiger partial charge in [0.25, 0.3) is 17.7 Å². The van der Waals surface area contributed by atoms with Gasteiger partial charge in [0.05, 0.1) is 95.2 Å². The monoisotopic (exact) mass is 2030 g/mol. The number of methoxy groups -OCH3 is 2. The van der Waals surface area contributed by atoms with Gasteiger partial charge in [-0.05, 0) is 314 Å². The molecule has 0 aliphatic heterocycles. The number of hydrogen-bond donors (Lipinski definition) is 7. The van der Waals surface area contributed by atoms with Crippen molar-refractivity contribution in [2.24, 2.45) is 0 Å². The maximum Gasteiger partial charge on any atom is 0.341 e. The van der Waals surface area contributed by atoms with Gasteiger partial charge in [-0.25, -0.2) is 38.9 Å². The molecule has 3 heterocycles. The SMILES string of the molecule is C.C.CCOC(=O)c1ccc(NC2CCCCC2)c(N)c1.CCOC(=O)c1ccc2c(c1)nc(-c1ccc(OCC(=O)NCCCN(C)C)cc1)n2C1CCCCC1.CCOC(=O)c1ccc2c(c1)nc(-c1ccc(OCC(=O)O)cc1)n2C1CCCCC1.COc1ccc(CNC(=O)c2ccc3c(c2)nc(-c2ccc(OCC(=O)NCCCN(C)C)cc2)n3C2CCCCC2)cc1OC.O=Cc1ccc(OCC(=O)O)cc1. The number of anilines is 2. The van der Waals surface area contributed by atoms with Crippen molar-refractivity contribution in [3.05, 3.63) is 221 Å². The Balaban J connectivity index is 0.000000199. The molecule has 33 heteroatoms. The van der Waals surface area contributed by atoms with Crippen LogP contribution >= 0.6 is 0 Å². The van der Waals surface area contributed by atoms with Gasteiger partial charge in [-0.3, -0.25) is 19.2 Å². The van der Waals surface area contributed by atoms with Crippen LogP contribution in [0.2, 0.25) is 0 Å². The quantitative estimate of drug-likeness (QED) is 0.00616. The van der Waals surface area contributed by atoms with Crippen LogP contribution in [0.15, 0.2) is 188 Å². The van der Waals surface area contributed by atoms with Crippen LogP contribution in [-0.2, 0) is 39.9 Å². The van der Waals surface area contributed by atoms with Gasteiger partial charge in [-0.2, -0.15) is 0 Å². The molecule has 4 fully saturated rings. The number of benzene rings is 9. The Morgan fingerprint density at radius 1 is 0.405 bits per heavy atom. The van der Waals surface area contributed by atoms with Crippen LogP contribution in [0.4, 0.5) is 11.4 Å². The molecule has 8 N–H and O–H groups in total. The standard InChI is InChI=1S/C36H45N5O5.C29H38N4O4.C24H26N2O5.C15H22N2O2.C9H8O4.2CH4/c1-40(2)20-8-19-37-34(42)24-46-29-15-12-26(13-16-29)35-39-30-22-27(14-17-31(30)41(35)28-9-6-5-7-10-28)36(43)38-23-25-11-18-32(44-3)33(21-25)45-4;1-4-36-29(35)22-13-16-26-25(19-22)31-28(33(26)23-9-6-5-7-10-23)21-11-14-24(15-12-21)37-20-27(34)30-17-8-18-32(2)3;1-2-30-24(29)17-10-13-21-20(14-17)25-23(26(21)18-6-4-3-5-7-18)16-8-11-19(12-9-16)31-15-22(27)28;1-2-19-15(18)11-8-9-14(13(16)10-11)17-12-6-4-3-5-7-12;10-5-7-1-3-8(4-2-7)13-6-9(11)12;;/h11-18,21-22,28H,5-10,19-20,23-24H2,1-4H3,(H,37,42)(H,38,43);11-16,19,23H,4-10,17-18,20H2,1-3H3,(H,30,34);8-14,18H,2-7,15H2,1H3,(H,27,28);8-10,12,17H,2-7,16H2,1H3;1-5H,6H2,(H,11,12);2*1H4. The number of carboxylic acid groups (broad SMARTS) is 2. The molecule has 9 aromatic carbocycles. The topological polar surface area (TPSA) is 411 Å². The zero-order valence-electron chi connectivity index (χ0n) is 85.2. The molecule has 3 aromatic heterocycles. The van der Waals surface area contributed by atoms with Crippen molar-refractivity contribution >= 4 is 98.3 Å². The molecule has 4 saturated carbocycles. The zero-order chi connectivity index (χ0) is 104. The third-order valence-corrected chi connectivity index (χ3v) is 25.6. The normalized spacial score (nSPS) is 13.6. The second-order valence-corrected chi connectivity index (χ2v) is 36.9. The lowest BCUT2D eigenvalue weighted by atomic mass is 9.94. The number of nitrogen functional groups attached to an aromatic ring is 1. The number of aromatic nitrogens is 6. The smallest absolute Gasteiger partial charge is 0.341 e. The Kier molecular flexibility index (Phi) is 45.9. The van der Waals surface area contributed by atoms with E-state index in [4.69, 9.17) is 73.5 Å². The summed E-state index contributed by atoms with van der Waals surface area (Å²) in [5, 5.41) is 29.4. The van der Waals surface area contributed by atoms with Crippen molar-refractivity contribution in [2.45, 2.75) is 208 Å². The van der Waals surface area contributed by atoms with Gasteiger partial charge in [0, 0.05) is 71.6 Å². The highest BCUT2D eigenvalue weighted by Crippen LogP contribution is 2.42. The van der Waals surface area contributed by atoms with Gasteiger partial charge in [0.2, 0.25) is 0 Å². The predicted molar refractivity (Wildman–Crippen MR) is 577 cm³/mol. The number of aldehydes is 1. The summed E-state index contributed by atoms with van der Waals surface area (Å²) in [5.74, 6) is 2.57. The summed E-state index contributed by atoms with van der Waals surface area (Å²) in [7, 11) is 11.2. The van der Waals surface area contributed by atoms with E-state index in [0.717, 1.165) is 143 Å². The van der Waals surface area contributed by atoms with Gasteiger partial charge in [-0.1, -0.05) is 98.0 Å². The molecule has 0 unspecified atom stereocenters. The lowest BCUT2D eigenvalue weighted by Crippen LogP contribution is -2.31. The number of nitrogens with zero attached hydrogens (tertiary/aromatic N) is 8. The van der Waals surface area contributed by atoms with Crippen molar-refractivity contribution in [3.63, 3.8) is 0 Å². The average Bonchev–Trinajstić information content (AvgIpc) is 1.62. The molecule has 4 aliphatic rings. The van der Waals surface area contributed by atoms with E-state index in [0.29, 0.717) is 138 Å². The van der Waals surface area contributed by atoms with E-state index in [1.54, 1.807) is 95.7 Å². The van der Waals surface area contributed by atoms with Gasteiger partial charge >= 0.3 is 29.8 Å². The highest BCUT2D eigenvalue weighted by atomic mass is 16.5. The minimum Gasteiger partial charge on any atom is -0.493 e. The molecule has 0 atom stereocenters. The van der Waals surface area contributed by atoms with E-state index in [1.165, 1.54) is 89.9 Å². The molecule has 148 heavy (non-hydrogen) atoms. The molecular weight excluding hydrogens is 1880 g/mol. The maximum absolute atomic E-state index is 13.2. The number of imidazole rings is 3. The zero-order valence-corrected chi connectivity index (χ0v) is 85.2. The predicted octanol–water partition coefficient (Wildman–Crippen LogP) is 20.7. The first kappa shape index (κ1) is 115. The van der Waals surface area contributed by atoms with E-state index >= 15 is 0 Å². The first-order chi connectivity index (χ1) is 70.8. The summed E-state index contributed by atoms with van der Waals surface area (Å²) in [6, 6.07) is 58.4. The van der Waals surface area contributed by atoms with Crippen molar-refractivity contribution in [3.8, 4) is 68.7 Å². The fourth-order valence-corrected chi connectivity index (χ4v) is 18.3. The second kappa shape index (κ2) is 59.1. The Morgan fingerprint density at radius 2 is 0.750 bits per heavy atom. The number of ether oxygens (including phenoxy) is 9. The summed E-state index contributed by atoms with van der Waals surface area (Å²) in [5.41, 5.74) is 19.3. The number of hydrogen-bond acceptors (Lipinski definition) is 25. The molecule has 16 rings (SSSR count). The number of carbonyl (C=O) groups is 9. The molecule has 33 nitrogen and oxygen atoms in total. The molecule has 4 aliphatic carbocycles. The fraction of sp³-hybridized carbons (Fsp3) is 0.426. The third-order valence-electron chi connectivity index (χ3n) is 25.6. The molecular formula is C115H147N13O20. The Hall–Kier alpha value is -14.9. The number of aliphatic carboxylic acids is 2. The van der Waals surface area contributed by atoms with Crippen molar-refractivity contribution in [1.82, 2.24) is 54.4 Å². The summed E-state index contributed by atoms with van der Waals surface area (Å²) in [6.45, 7) is 9.09. The minimum atomic E-state index is -1.03. The van der Waals surface area contributed by atoms with E-state index in [1.807, 2.05) is 156 Å². The summed E-state index contributed by atoms with van der Waals surface area (Å²) in [6.07, 6.45) is 26.3. The van der Waals surface area contributed by atoms with Crippen LogP contribution in [0.1, 0.15) is 252 Å². The van der Waals surface area contributed by atoms with E-state index in [9.17, 15) is 43.2 Å². The molecule has 0 spiro atoms. The summed E-state index contributed by atoms with van der Waals surface area (Å²) in [4.78, 5) is 124. The Morgan fingerprint density at radius 3 is 1.10 bits per heavy atom. The number of nitrogens with one attached hydrogen (secondary N) is 4. The lowest BCUT2D eigenvalue weighted by molar-refractivity contribution is -0.140. The Labute approximate surface area is 867 Å². The van der Waals surface area contributed by atoms with E-state index in [-0.39, 0.29) is 76.9 Å². The van der Waals surface area contributed by atoms with E-state index in [2.05, 4.69) is 44.8 Å². The van der Waals surface area contributed by atoms with Crippen LogP contribution in [0.5, 0.6) is 34.5 Å². The van der Waals surface area contributed by atoms with Crippen LogP contribution in [-0.4, -0.2) is 223 Å². The molecule has 12 aromatic rings. The number of rotatable bonds is 40. The molecule has 792 valence electrons. The number of amides is 3. The van der Waals surface area contributed by atoms with Gasteiger partial charge in [0.15, 0.2) is 37.9 Å². The number of nitrogens with two attached hydrogens (primary N) is 1. The van der Waals surface area contributed by atoms with Crippen LogP contribution in [0.3, 0.4) is 0 Å². The molecule has 0 radical (unpaired) electrons. The van der Waals surface area contributed by atoms with Crippen LogP contribution in [0, 0.1) is 0 Å². The summed E-state index contributed by atoms with van der Waals surface area (Å²) >= 11 is 0. The number of fused-ring (bicyclic) bond motifs is 3. The third kappa shape index (κ3) is 33.9. The van der Waals surface area contributed by atoms with Gasteiger partial charge < -0.3 is 103 Å². The first-order valence-electron chi connectivity index (χ1n) is 50.7. The van der Waals surface area contributed by atoms with Crippen LogP contribution in [0.25, 0.3) is 67.3 Å². The largest absolute Gasteiger partial charge is 0.493 e. The van der Waals surface area contributed by atoms with Crippen LogP contribution < -0.4 is 55.4 Å². The Bertz CT molecular complexity index is 6290. The highest BCUT2D eigenvalue weighted by Gasteiger charge is 2.29. The van der Waals surface area contributed by atoms with Gasteiger partial charge in [0.1, 0.15) is 46.8 Å². The number of esters is 3. The maximum atomic E-state index is 13.2. The molecule has 3 amide bonds. The molecule has 0 saturated heterocycles. The van der Waals surface area contributed by atoms with Gasteiger partial charge in [-0.15, -0.1) is 0 Å². The number of carboxylic acids is 2. The first-order valence-corrected chi connectivity index (χ1v) is 50.7. The number of carbonyl (C=O) groups excluding carboxylic acids is 7. The summed E-state index contributed by atoms with van der Waals surface area (Å²) < 4.78 is 54.5. The lowest BCUT2D eigenvalue weighted by Gasteiger charge is -2.25.